The first-order valence-electron chi connectivity index (χ1n) is 8.50. The number of hydrogen-bond donors (Lipinski definition) is 2. The van der Waals surface area contributed by atoms with E-state index in [-0.39, 0.29) is 31.0 Å². The van der Waals surface area contributed by atoms with Crippen molar-refractivity contribution in [2.75, 3.05) is 13.2 Å². The Balaban J connectivity index is 1.88. The number of aryl methyl sites for hydroxylation is 1. The maximum absolute atomic E-state index is 13.1. The van der Waals surface area contributed by atoms with Gasteiger partial charge in [-0.25, -0.2) is 13.9 Å². The molecule has 8 heteroatoms. The summed E-state index contributed by atoms with van der Waals surface area (Å²) in [7, 11) is -4.04. The van der Waals surface area contributed by atoms with Gasteiger partial charge in [0, 0.05) is 13.2 Å². The number of rotatable bonds is 5. The third-order valence-corrected chi connectivity index (χ3v) is 7.24. The number of ether oxygens (including phenoxy) is 2. The molecule has 1 amide bonds. The lowest BCUT2D eigenvalue weighted by Crippen LogP contribution is -2.54. The van der Waals surface area contributed by atoms with Crippen LogP contribution >= 0.6 is 0 Å². The molecule has 0 aromatic heterocycles. The van der Waals surface area contributed by atoms with Gasteiger partial charge in [-0.2, -0.15) is 0 Å². The van der Waals surface area contributed by atoms with Gasteiger partial charge in [-0.1, -0.05) is 17.7 Å². The summed E-state index contributed by atoms with van der Waals surface area (Å²) in [5.41, 5.74) is 2.61. The predicted octanol–water partition coefficient (Wildman–Crippen LogP) is 2.62. The number of carbonyl (C=O) groups is 1. The number of hydrogen-bond acceptors (Lipinski definition) is 6. The number of amides is 1. The average molecular weight is 391 g/mol. The highest BCUT2D eigenvalue weighted by Gasteiger charge is 2.52. The fourth-order valence-electron chi connectivity index (χ4n) is 3.08. The van der Waals surface area contributed by atoms with E-state index in [4.69, 9.17) is 14.7 Å². The summed E-state index contributed by atoms with van der Waals surface area (Å²) < 4.78 is 35.5. The van der Waals surface area contributed by atoms with Crippen molar-refractivity contribution in [3.8, 4) is 11.5 Å². The largest absolute Gasteiger partial charge is 0.457 e. The Labute approximate surface area is 157 Å². The molecule has 1 saturated heterocycles. The monoisotopic (exact) mass is 391 g/mol. The maximum Gasteiger partial charge on any atom is 0.265 e. The Morgan fingerprint density at radius 3 is 2.07 bits per heavy atom. The van der Waals surface area contributed by atoms with E-state index in [1.54, 1.807) is 0 Å². The first kappa shape index (κ1) is 19.3. The lowest BCUT2D eigenvalue weighted by Gasteiger charge is -2.34. The second-order valence-corrected chi connectivity index (χ2v) is 8.70. The number of benzene rings is 2. The van der Waals surface area contributed by atoms with Crippen molar-refractivity contribution in [1.29, 1.82) is 0 Å². The van der Waals surface area contributed by atoms with Crippen molar-refractivity contribution >= 4 is 15.7 Å². The van der Waals surface area contributed by atoms with Crippen LogP contribution < -0.4 is 10.2 Å². The van der Waals surface area contributed by atoms with Gasteiger partial charge >= 0.3 is 0 Å². The zero-order valence-corrected chi connectivity index (χ0v) is 15.7. The molecule has 0 spiro atoms. The van der Waals surface area contributed by atoms with Crippen molar-refractivity contribution in [2.45, 2.75) is 29.4 Å². The van der Waals surface area contributed by atoms with Crippen LogP contribution in [-0.4, -0.2) is 37.5 Å². The number of nitrogens with one attached hydrogen (secondary N) is 1. The Kier molecular flexibility index (Phi) is 5.50. The van der Waals surface area contributed by atoms with Gasteiger partial charge in [-0.05, 0) is 56.2 Å². The second-order valence-electron chi connectivity index (χ2n) is 6.44. The van der Waals surface area contributed by atoms with Gasteiger partial charge in [0.15, 0.2) is 14.6 Å². The zero-order valence-electron chi connectivity index (χ0n) is 14.8. The van der Waals surface area contributed by atoms with E-state index >= 15 is 0 Å². The van der Waals surface area contributed by atoms with Crippen molar-refractivity contribution in [3.05, 3.63) is 54.1 Å². The lowest BCUT2D eigenvalue weighted by atomic mass is 9.98. The summed E-state index contributed by atoms with van der Waals surface area (Å²) in [5.74, 6) is 0.174. The standard InChI is InChI=1S/C19H21NO6S/c1-14-2-4-15(5-3-14)26-16-6-8-17(9-7-16)27(23,24)19(18(21)20-22)10-12-25-13-11-19/h2-9,22H,10-13H2,1H3,(H,20,21). The molecule has 0 radical (unpaired) electrons. The minimum absolute atomic E-state index is 0.00995. The van der Waals surface area contributed by atoms with Crippen molar-refractivity contribution in [2.24, 2.45) is 0 Å². The minimum atomic E-state index is -4.04. The molecule has 0 saturated carbocycles. The van der Waals surface area contributed by atoms with Gasteiger partial charge in [-0.3, -0.25) is 10.0 Å². The molecule has 144 valence electrons. The van der Waals surface area contributed by atoms with E-state index in [1.807, 2.05) is 31.2 Å². The molecular weight excluding hydrogens is 370 g/mol. The van der Waals surface area contributed by atoms with Crippen LogP contribution in [0.1, 0.15) is 18.4 Å². The van der Waals surface area contributed by atoms with Crippen LogP contribution in [0.5, 0.6) is 11.5 Å². The second kappa shape index (κ2) is 7.67. The van der Waals surface area contributed by atoms with Crippen molar-refractivity contribution < 1.29 is 27.9 Å². The van der Waals surface area contributed by atoms with Gasteiger partial charge < -0.3 is 9.47 Å². The van der Waals surface area contributed by atoms with Crippen LogP contribution in [0.15, 0.2) is 53.4 Å². The van der Waals surface area contributed by atoms with Crippen LogP contribution in [-0.2, 0) is 19.4 Å². The number of carbonyl (C=O) groups excluding carboxylic acids is 1. The van der Waals surface area contributed by atoms with E-state index in [0.29, 0.717) is 11.5 Å². The molecule has 2 aromatic carbocycles. The molecule has 0 atom stereocenters. The summed E-state index contributed by atoms with van der Waals surface area (Å²) in [4.78, 5) is 12.2. The van der Waals surface area contributed by atoms with Crippen LogP contribution in [0.25, 0.3) is 0 Å². The summed E-state index contributed by atoms with van der Waals surface area (Å²) in [6.07, 6.45) is -0.0489. The fraction of sp³-hybridized carbons (Fsp3) is 0.316. The summed E-state index contributed by atoms with van der Waals surface area (Å²) in [5, 5.41) is 9.07. The molecule has 1 fully saturated rings. The smallest absolute Gasteiger partial charge is 0.265 e. The highest BCUT2D eigenvalue weighted by atomic mass is 32.2. The third-order valence-electron chi connectivity index (χ3n) is 4.72. The lowest BCUT2D eigenvalue weighted by molar-refractivity contribution is -0.134. The number of sulfone groups is 1. The molecule has 3 rings (SSSR count). The summed E-state index contributed by atoms with van der Waals surface area (Å²) in [6, 6.07) is 13.4. The van der Waals surface area contributed by atoms with Gasteiger partial charge in [0.2, 0.25) is 0 Å². The SMILES string of the molecule is Cc1ccc(Oc2ccc(S(=O)(=O)C3(C(=O)NO)CCOCC3)cc2)cc1. The van der Waals surface area contributed by atoms with Gasteiger partial charge in [0.05, 0.1) is 4.90 Å². The Hall–Kier alpha value is -2.42. The molecule has 2 aromatic rings. The fourth-order valence-corrected chi connectivity index (χ4v) is 5.02. The van der Waals surface area contributed by atoms with Crippen LogP contribution in [0.2, 0.25) is 0 Å². The average Bonchev–Trinajstić information content (AvgIpc) is 2.70. The topological polar surface area (TPSA) is 102 Å². The molecule has 7 nitrogen and oxygen atoms in total. The van der Waals surface area contributed by atoms with E-state index < -0.39 is 20.5 Å². The molecule has 1 aliphatic rings. The van der Waals surface area contributed by atoms with Crippen molar-refractivity contribution in [3.63, 3.8) is 0 Å². The Morgan fingerprint density at radius 2 is 1.56 bits per heavy atom. The summed E-state index contributed by atoms with van der Waals surface area (Å²) in [6.45, 7) is 2.22. The maximum atomic E-state index is 13.1. The van der Waals surface area contributed by atoms with E-state index in [2.05, 4.69) is 0 Å². The molecule has 2 N–H and O–H groups in total. The molecular formula is C19H21NO6S. The van der Waals surface area contributed by atoms with Crippen LogP contribution in [0.3, 0.4) is 0 Å². The highest BCUT2D eigenvalue weighted by Crippen LogP contribution is 2.36. The third kappa shape index (κ3) is 3.69. The van der Waals surface area contributed by atoms with Gasteiger partial charge in [-0.15, -0.1) is 0 Å². The quantitative estimate of drug-likeness (QED) is 0.600. The molecule has 1 aliphatic heterocycles. The molecule has 0 unspecified atom stereocenters. The first-order chi connectivity index (χ1) is 12.9. The predicted molar refractivity (Wildman–Crippen MR) is 97.6 cm³/mol. The van der Waals surface area contributed by atoms with E-state index in [1.165, 1.54) is 29.7 Å². The van der Waals surface area contributed by atoms with E-state index in [0.717, 1.165) is 5.56 Å². The van der Waals surface area contributed by atoms with Gasteiger partial charge in [0.1, 0.15) is 11.5 Å². The van der Waals surface area contributed by atoms with Gasteiger partial charge in [0.25, 0.3) is 5.91 Å². The van der Waals surface area contributed by atoms with Crippen LogP contribution in [0, 0.1) is 6.92 Å². The van der Waals surface area contributed by atoms with Crippen molar-refractivity contribution in [1.82, 2.24) is 5.48 Å². The van der Waals surface area contributed by atoms with Crippen LogP contribution in [0.4, 0.5) is 0 Å². The number of hydroxylamine groups is 1. The highest BCUT2D eigenvalue weighted by molar-refractivity contribution is 7.93. The molecule has 0 bridgehead atoms. The Bertz CT molecular complexity index is 900. The van der Waals surface area contributed by atoms with E-state index in [9.17, 15) is 13.2 Å². The molecule has 27 heavy (non-hydrogen) atoms. The molecule has 1 heterocycles. The minimum Gasteiger partial charge on any atom is -0.457 e. The summed E-state index contributed by atoms with van der Waals surface area (Å²) >= 11 is 0. The zero-order chi connectivity index (χ0) is 19.5. The normalized spacial score (nSPS) is 16.5. The first-order valence-corrected chi connectivity index (χ1v) is 9.99. The molecule has 0 aliphatic carbocycles. The Morgan fingerprint density at radius 1 is 1.04 bits per heavy atom.